The van der Waals surface area contributed by atoms with Gasteiger partial charge in [-0.2, -0.15) is 4.72 Å². The van der Waals surface area contributed by atoms with E-state index >= 15 is 0 Å². The molecule has 0 saturated carbocycles. The average molecular weight is 569 g/mol. The molecule has 0 bridgehead atoms. The number of aromatic nitrogens is 2. The fraction of sp³-hybridized carbons (Fsp3) is 0.261. The van der Waals surface area contributed by atoms with Crippen molar-refractivity contribution < 1.29 is 23.1 Å². The van der Waals surface area contributed by atoms with Crippen LogP contribution in [0.4, 0.5) is 5.69 Å². The highest BCUT2D eigenvalue weighted by molar-refractivity contribution is 7.89. The number of aromatic amines is 1. The molecule has 0 radical (unpaired) electrons. The van der Waals surface area contributed by atoms with Gasteiger partial charge in [0, 0.05) is 18.9 Å². The number of carbonyl (C=O) groups is 2. The minimum atomic E-state index is -4.34. The summed E-state index contributed by atoms with van der Waals surface area (Å²) >= 11 is 12.0. The van der Waals surface area contributed by atoms with Crippen LogP contribution in [-0.2, 0) is 26.2 Å². The van der Waals surface area contributed by atoms with E-state index < -0.39 is 40.5 Å². The van der Waals surface area contributed by atoms with E-state index in [0.717, 1.165) is 17.0 Å². The van der Waals surface area contributed by atoms with E-state index in [0.29, 0.717) is 11.4 Å². The Labute approximate surface area is 223 Å². The Morgan fingerprint density at radius 2 is 1.78 bits per heavy atom. The lowest BCUT2D eigenvalue weighted by Gasteiger charge is -2.27. The van der Waals surface area contributed by atoms with Gasteiger partial charge in [-0.25, -0.2) is 13.4 Å². The van der Waals surface area contributed by atoms with Gasteiger partial charge in [-0.1, -0.05) is 53.5 Å². The smallest absolute Gasteiger partial charge is 0.323 e. The maximum absolute atomic E-state index is 13.6. The van der Waals surface area contributed by atoms with E-state index in [4.69, 9.17) is 34.7 Å². The van der Waals surface area contributed by atoms with Crippen LogP contribution in [0.15, 0.2) is 59.8 Å². The minimum absolute atomic E-state index is 0.00910. The number of H-pyrrole nitrogens is 1. The van der Waals surface area contributed by atoms with Crippen LogP contribution in [-0.4, -0.2) is 52.9 Å². The molecule has 0 fully saturated rings. The second-order valence-corrected chi connectivity index (χ2v) is 10.7. The summed E-state index contributed by atoms with van der Waals surface area (Å²) in [5.41, 5.74) is 12.6. The number of carboxylic acids is 1. The van der Waals surface area contributed by atoms with Crippen LogP contribution in [0.2, 0.25) is 10.0 Å². The second-order valence-electron chi connectivity index (χ2n) is 8.21. The van der Waals surface area contributed by atoms with Gasteiger partial charge in [0.15, 0.2) is 0 Å². The summed E-state index contributed by atoms with van der Waals surface area (Å²) in [6.45, 7) is -0.691. The SMILES string of the molecule is Nc1c(Cl)cc(S(=O)(=O)N[C@@H](CCC(N)c2ncc[nH]2)C(=O)N(CC(=O)O)Cc2ccccc2)cc1Cl. The summed E-state index contributed by atoms with van der Waals surface area (Å²) in [6.07, 6.45) is 3.20. The Balaban J connectivity index is 1.92. The highest BCUT2D eigenvalue weighted by Gasteiger charge is 2.31. The van der Waals surface area contributed by atoms with Gasteiger partial charge in [0.05, 0.1) is 26.7 Å². The van der Waals surface area contributed by atoms with Crippen molar-refractivity contribution in [3.05, 3.63) is 76.3 Å². The molecule has 3 rings (SSSR count). The molecule has 0 saturated heterocycles. The fourth-order valence-electron chi connectivity index (χ4n) is 3.57. The van der Waals surface area contributed by atoms with E-state index in [2.05, 4.69) is 14.7 Å². The van der Waals surface area contributed by atoms with Gasteiger partial charge in [-0.05, 0) is 30.5 Å². The molecule has 0 aliphatic rings. The van der Waals surface area contributed by atoms with E-state index in [-0.39, 0.29) is 40.0 Å². The number of nitrogens with zero attached hydrogens (tertiary/aromatic N) is 2. The van der Waals surface area contributed by atoms with Gasteiger partial charge in [0.2, 0.25) is 15.9 Å². The molecule has 0 aliphatic heterocycles. The van der Waals surface area contributed by atoms with Crippen molar-refractivity contribution in [1.82, 2.24) is 19.6 Å². The molecule has 3 aromatic rings. The number of hydrogen-bond acceptors (Lipinski definition) is 7. The number of imidazole rings is 1. The first-order chi connectivity index (χ1) is 17.5. The molecule has 11 nitrogen and oxygen atoms in total. The number of aliphatic carboxylic acids is 1. The quantitative estimate of drug-likeness (QED) is 0.206. The second kappa shape index (κ2) is 12.4. The molecule has 7 N–H and O–H groups in total. The zero-order valence-electron chi connectivity index (χ0n) is 19.5. The Kier molecular flexibility index (Phi) is 9.51. The van der Waals surface area contributed by atoms with Crippen molar-refractivity contribution in [2.45, 2.75) is 36.4 Å². The molecule has 1 amide bonds. The summed E-state index contributed by atoms with van der Waals surface area (Å²) in [5.74, 6) is -1.54. The Morgan fingerprint density at radius 1 is 1.14 bits per heavy atom. The van der Waals surface area contributed by atoms with E-state index in [1.165, 1.54) is 6.20 Å². The third kappa shape index (κ3) is 7.66. The molecule has 2 atom stereocenters. The predicted molar refractivity (Wildman–Crippen MR) is 139 cm³/mol. The topological polar surface area (TPSA) is 184 Å². The van der Waals surface area contributed by atoms with E-state index in [1.54, 1.807) is 36.5 Å². The van der Waals surface area contributed by atoms with Crippen LogP contribution < -0.4 is 16.2 Å². The van der Waals surface area contributed by atoms with Crippen LogP contribution in [0, 0.1) is 0 Å². The summed E-state index contributed by atoms with van der Waals surface area (Å²) in [5, 5.41) is 9.27. The van der Waals surface area contributed by atoms with Crippen molar-refractivity contribution in [1.29, 1.82) is 0 Å². The Hall–Kier alpha value is -3.16. The number of nitrogen functional groups attached to an aromatic ring is 1. The maximum atomic E-state index is 13.6. The molecule has 37 heavy (non-hydrogen) atoms. The van der Waals surface area contributed by atoms with Crippen molar-refractivity contribution >= 4 is 50.8 Å². The van der Waals surface area contributed by atoms with Gasteiger partial charge in [0.1, 0.15) is 18.4 Å². The lowest BCUT2D eigenvalue weighted by molar-refractivity contribution is -0.145. The monoisotopic (exact) mass is 568 g/mol. The number of hydrogen-bond donors (Lipinski definition) is 5. The summed E-state index contributed by atoms with van der Waals surface area (Å²) in [4.78, 5) is 32.8. The van der Waals surface area contributed by atoms with Gasteiger partial charge in [-0.15, -0.1) is 0 Å². The normalized spacial score (nSPS) is 13.2. The van der Waals surface area contributed by atoms with E-state index in [9.17, 15) is 23.1 Å². The minimum Gasteiger partial charge on any atom is -0.480 e. The van der Waals surface area contributed by atoms with Crippen LogP contribution in [0.5, 0.6) is 0 Å². The number of carboxylic acid groups (broad SMARTS) is 1. The summed E-state index contributed by atoms with van der Waals surface area (Å²) in [6, 6.07) is 8.97. The number of amides is 1. The molecule has 1 heterocycles. The van der Waals surface area contributed by atoms with Crippen LogP contribution >= 0.6 is 23.2 Å². The number of nitrogens with one attached hydrogen (secondary N) is 2. The highest BCUT2D eigenvalue weighted by Crippen LogP contribution is 2.31. The third-order valence-electron chi connectivity index (χ3n) is 5.45. The molecule has 2 aromatic carbocycles. The number of nitrogens with two attached hydrogens (primary N) is 2. The average Bonchev–Trinajstić information content (AvgIpc) is 3.39. The molecule has 14 heteroatoms. The summed E-state index contributed by atoms with van der Waals surface area (Å²) in [7, 11) is -4.34. The first-order valence-corrected chi connectivity index (χ1v) is 13.3. The van der Waals surface area contributed by atoms with Gasteiger partial charge in [0.25, 0.3) is 0 Å². The zero-order valence-corrected chi connectivity index (χ0v) is 21.8. The van der Waals surface area contributed by atoms with Crippen molar-refractivity contribution in [3.63, 3.8) is 0 Å². The van der Waals surface area contributed by atoms with Crippen molar-refractivity contribution in [3.8, 4) is 0 Å². The first kappa shape index (κ1) is 28.4. The van der Waals surface area contributed by atoms with Crippen molar-refractivity contribution in [2.24, 2.45) is 5.73 Å². The number of rotatable bonds is 12. The molecular formula is C23H26Cl2N6O5S. The molecule has 1 unspecified atom stereocenters. The zero-order chi connectivity index (χ0) is 27.2. The number of sulfonamides is 1. The van der Waals surface area contributed by atoms with Crippen molar-refractivity contribution in [2.75, 3.05) is 12.3 Å². The number of benzene rings is 2. The lowest BCUT2D eigenvalue weighted by Crippen LogP contribution is -2.49. The van der Waals surface area contributed by atoms with Crippen LogP contribution in [0.25, 0.3) is 0 Å². The largest absolute Gasteiger partial charge is 0.480 e. The standard InChI is InChI=1S/C23H26Cl2N6O5S/c24-16-10-15(11-17(25)21(16)27)37(35,36)30-19(7-6-18(26)22-28-8-9-29-22)23(34)31(13-20(32)33)12-14-4-2-1-3-5-14/h1-5,8-11,18-19,30H,6-7,12-13,26-27H2,(H,28,29)(H,32,33)/t18?,19-/m0/s1. The number of carbonyl (C=O) groups excluding carboxylic acids is 1. The van der Waals surface area contributed by atoms with Crippen LogP contribution in [0.1, 0.15) is 30.3 Å². The number of anilines is 1. The third-order valence-corrected chi connectivity index (χ3v) is 7.53. The number of halogens is 2. The van der Waals surface area contributed by atoms with E-state index in [1.807, 2.05) is 0 Å². The fourth-order valence-corrected chi connectivity index (χ4v) is 5.46. The van der Waals surface area contributed by atoms with Gasteiger partial charge >= 0.3 is 5.97 Å². The Bertz CT molecular complexity index is 1320. The van der Waals surface area contributed by atoms with Gasteiger partial charge < -0.3 is 26.5 Å². The molecule has 0 aliphatic carbocycles. The molecule has 198 valence electrons. The summed E-state index contributed by atoms with van der Waals surface area (Å²) < 4.78 is 28.8. The molecule has 1 aromatic heterocycles. The van der Waals surface area contributed by atoms with Crippen LogP contribution in [0.3, 0.4) is 0 Å². The Morgan fingerprint density at radius 3 is 2.35 bits per heavy atom. The molecule has 0 spiro atoms. The lowest BCUT2D eigenvalue weighted by atomic mass is 10.1. The van der Waals surface area contributed by atoms with Gasteiger partial charge in [-0.3, -0.25) is 9.59 Å². The predicted octanol–water partition coefficient (Wildman–Crippen LogP) is 2.54. The molecular weight excluding hydrogens is 543 g/mol. The highest BCUT2D eigenvalue weighted by atomic mass is 35.5. The first-order valence-electron chi connectivity index (χ1n) is 11.0. The maximum Gasteiger partial charge on any atom is 0.323 e.